The lowest BCUT2D eigenvalue weighted by Crippen LogP contribution is -2.54. The SMILES string of the molecule is COc1cc(/C=C2\C(=O)NC(=O)N(c3ccc(F)cc3)C2=O)c(Br)cc1OCc1ccc2ccccc2c1. The molecule has 38 heavy (non-hydrogen) atoms. The minimum absolute atomic E-state index is 0.126. The van der Waals surface area contributed by atoms with E-state index in [-0.39, 0.29) is 11.3 Å². The van der Waals surface area contributed by atoms with Crippen molar-refractivity contribution < 1.29 is 28.2 Å². The third-order valence-electron chi connectivity index (χ3n) is 5.98. The third-order valence-corrected chi connectivity index (χ3v) is 6.66. The summed E-state index contributed by atoms with van der Waals surface area (Å²) in [5.41, 5.74) is 1.28. The van der Waals surface area contributed by atoms with E-state index in [9.17, 15) is 18.8 Å². The summed E-state index contributed by atoms with van der Waals surface area (Å²) in [6.45, 7) is 0.295. The van der Waals surface area contributed by atoms with Crippen LogP contribution < -0.4 is 19.7 Å². The van der Waals surface area contributed by atoms with Crippen molar-refractivity contribution in [2.24, 2.45) is 0 Å². The Hall–Kier alpha value is -4.50. The monoisotopic (exact) mass is 574 g/mol. The van der Waals surface area contributed by atoms with Gasteiger partial charge in [-0.1, -0.05) is 52.3 Å². The Morgan fingerprint density at radius 1 is 0.921 bits per heavy atom. The molecule has 0 unspecified atom stereocenters. The third kappa shape index (κ3) is 5.01. The number of hydrogen-bond acceptors (Lipinski definition) is 5. The fourth-order valence-electron chi connectivity index (χ4n) is 4.06. The second kappa shape index (κ2) is 10.5. The predicted molar refractivity (Wildman–Crippen MR) is 144 cm³/mol. The number of carbonyl (C=O) groups excluding carboxylic acids is 3. The van der Waals surface area contributed by atoms with Crippen molar-refractivity contribution in [1.29, 1.82) is 0 Å². The van der Waals surface area contributed by atoms with Gasteiger partial charge in [-0.3, -0.25) is 14.9 Å². The molecule has 0 bridgehead atoms. The fraction of sp³-hybridized carbons (Fsp3) is 0.0690. The van der Waals surface area contributed by atoms with Crippen molar-refractivity contribution in [1.82, 2.24) is 5.32 Å². The fourth-order valence-corrected chi connectivity index (χ4v) is 4.50. The molecule has 0 spiro atoms. The van der Waals surface area contributed by atoms with Gasteiger partial charge in [0.05, 0.1) is 12.8 Å². The van der Waals surface area contributed by atoms with E-state index in [4.69, 9.17) is 9.47 Å². The van der Waals surface area contributed by atoms with E-state index in [0.29, 0.717) is 28.1 Å². The average Bonchev–Trinajstić information content (AvgIpc) is 2.91. The normalized spacial score (nSPS) is 14.7. The molecule has 0 saturated carbocycles. The van der Waals surface area contributed by atoms with Gasteiger partial charge in [0, 0.05) is 4.47 Å². The van der Waals surface area contributed by atoms with Crippen LogP contribution in [-0.2, 0) is 16.2 Å². The molecular formula is C29H20BrFN2O5. The van der Waals surface area contributed by atoms with Crippen LogP contribution in [0.5, 0.6) is 11.5 Å². The number of rotatable bonds is 6. The van der Waals surface area contributed by atoms with Gasteiger partial charge in [-0.2, -0.15) is 0 Å². The van der Waals surface area contributed by atoms with Gasteiger partial charge in [0.2, 0.25) is 0 Å². The number of carbonyl (C=O) groups is 3. The van der Waals surface area contributed by atoms with Crippen molar-refractivity contribution in [2.75, 3.05) is 12.0 Å². The summed E-state index contributed by atoms with van der Waals surface area (Å²) < 4.78 is 25.4. The largest absolute Gasteiger partial charge is 0.493 e. The van der Waals surface area contributed by atoms with Crippen molar-refractivity contribution in [3.63, 3.8) is 0 Å². The molecule has 4 aromatic rings. The predicted octanol–water partition coefficient (Wildman–Crippen LogP) is 6.00. The Kier molecular flexibility index (Phi) is 6.93. The van der Waals surface area contributed by atoms with Gasteiger partial charge in [-0.15, -0.1) is 0 Å². The first-order chi connectivity index (χ1) is 18.3. The van der Waals surface area contributed by atoms with E-state index in [2.05, 4.69) is 27.3 Å². The number of benzene rings is 4. The molecule has 4 amide bonds. The first-order valence-corrected chi connectivity index (χ1v) is 12.3. The number of halogens is 2. The highest BCUT2D eigenvalue weighted by molar-refractivity contribution is 9.10. The van der Waals surface area contributed by atoms with Gasteiger partial charge in [0.1, 0.15) is 18.0 Å². The first-order valence-electron chi connectivity index (χ1n) is 11.5. The summed E-state index contributed by atoms with van der Waals surface area (Å²) in [6.07, 6.45) is 1.35. The van der Waals surface area contributed by atoms with Gasteiger partial charge >= 0.3 is 6.03 Å². The van der Waals surface area contributed by atoms with Gasteiger partial charge in [0.15, 0.2) is 11.5 Å². The molecule has 0 radical (unpaired) electrons. The van der Waals surface area contributed by atoms with Crippen LogP contribution in [0, 0.1) is 5.82 Å². The summed E-state index contributed by atoms with van der Waals surface area (Å²) in [6, 6.07) is 21.3. The standard InChI is InChI=1S/C29H20BrFN2O5/c1-37-25-14-20(13-23-27(34)32-29(36)33(28(23)35)22-10-8-21(31)9-11-22)24(30)15-26(25)38-16-17-6-7-18-4-2-3-5-19(18)12-17/h2-15H,16H2,1H3,(H,32,34,36)/b23-13+. The second-order valence-corrected chi connectivity index (χ2v) is 9.28. The Morgan fingerprint density at radius 2 is 1.66 bits per heavy atom. The van der Waals surface area contributed by atoms with Crippen LogP contribution in [0.25, 0.3) is 16.8 Å². The minimum Gasteiger partial charge on any atom is -0.493 e. The smallest absolute Gasteiger partial charge is 0.335 e. The lowest BCUT2D eigenvalue weighted by molar-refractivity contribution is -0.122. The molecule has 1 heterocycles. The number of ether oxygens (including phenoxy) is 2. The molecule has 4 aromatic carbocycles. The molecule has 1 N–H and O–H groups in total. The average molecular weight is 575 g/mol. The number of fused-ring (bicyclic) bond motifs is 1. The summed E-state index contributed by atoms with van der Waals surface area (Å²) in [7, 11) is 1.48. The van der Waals surface area contributed by atoms with E-state index in [0.717, 1.165) is 33.4 Å². The topological polar surface area (TPSA) is 84.9 Å². The van der Waals surface area contributed by atoms with E-state index in [1.54, 1.807) is 12.1 Å². The van der Waals surface area contributed by atoms with E-state index < -0.39 is 23.7 Å². The van der Waals surface area contributed by atoms with Crippen molar-refractivity contribution >= 4 is 56.3 Å². The zero-order valence-electron chi connectivity index (χ0n) is 20.0. The van der Waals surface area contributed by atoms with Crippen LogP contribution >= 0.6 is 15.9 Å². The molecule has 5 rings (SSSR count). The van der Waals surface area contributed by atoms with Gasteiger partial charge in [-0.25, -0.2) is 14.1 Å². The number of methoxy groups -OCH3 is 1. The molecule has 1 saturated heterocycles. The van der Waals surface area contributed by atoms with E-state index in [1.807, 2.05) is 36.4 Å². The minimum atomic E-state index is -0.919. The maximum absolute atomic E-state index is 13.3. The highest BCUT2D eigenvalue weighted by atomic mass is 79.9. The summed E-state index contributed by atoms with van der Waals surface area (Å²) in [4.78, 5) is 38.8. The van der Waals surface area contributed by atoms with Crippen LogP contribution in [0.4, 0.5) is 14.9 Å². The maximum Gasteiger partial charge on any atom is 0.335 e. The molecule has 1 aliphatic rings. The number of amides is 4. The number of hydrogen-bond donors (Lipinski definition) is 1. The Morgan fingerprint density at radius 3 is 2.39 bits per heavy atom. The molecule has 0 aliphatic carbocycles. The molecule has 0 aromatic heterocycles. The molecule has 9 heteroatoms. The van der Waals surface area contributed by atoms with Crippen molar-refractivity contribution in [3.8, 4) is 11.5 Å². The highest BCUT2D eigenvalue weighted by Crippen LogP contribution is 2.36. The number of nitrogens with zero attached hydrogens (tertiary/aromatic N) is 1. The van der Waals surface area contributed by atoms with Crippen LogP contribution in [0.3, 0.4) is 0 Å². The van der Waals surface area contributed by atoms with Crippen LogP contribution in [0.15, 0.2) is 88.9 Å². The summed E-state index contributed by atoms with van der Waals surface area (Å²) in [5, 5.41) is 4.39. The Balaban J connectivity index is 1.42. The number of barbiturate groups is 1. The molecular weight excluding hydrogens is 555 g/mol. The van der Waals surface area contributed by atoms with Gasteiger partial charge in [0.25, 0.3) is 11.8 Å². The summed E-state index contributed by atoms with van der Waals surface area (Å²) >= 11 is 3.47. The van der Waals surface area contributed by atoms with Crippen molar-refractivity contribution in [2.45, 2.75) is 6.61 Å². The molecule has 190 valence electrons. The number of imide groups is 2. The van der Waals surface area contributed by atoms with Gasteiger partial charge in [-0.05, 0) is 70.4 Å². The highest BCUT2D eigenvalue weighted by Gasteiger charge is 2.37. The maximum atomic E-state index is 13.3. The van der Waals surface area contributed by atoms with Crippen LogP contribution in [0.2, 0.25) is 0 Å². The lowest BCUT2D eigenvalue weighted by atomic mass is 10.1. The second-order valence-electron chi connectivity index (χ2n) is 8.43. The zero-order chi connectivity index (χ0) is 26.8. The first kappa shape index (κ1) is 25.2. The van der Waals surface area contributed by atoms with E-state index in [1.165, 1.54) is 25.3 Å². The Labute approximate surface area is 225 Å². The number of nitrogens with one attached hydrogen (secondary N) is 1. The van der Waals surface area contributed by atoms with Crippen LogP contribution in [-0.4, -0.2) is 25.0 Å². The number of urea groups is 1. The molecule has 1 fully saturated rings. The quantitative estimate of drug-likeness (QED) is 0.226. The van der Waals surface area contributed by atoms with Crippen LogP contribution in [0.1, 0.15) is 11.1 Å². The summed E-state index contributed by atoms with van der Waals surface area (Å²) in [5.74, 6) is -1.37. The zero-order valence-corrected chi connectivity index (χ0v) is 21.6. The molecule has 0 atom stereocenters. The van der Waals surface area contributed by atoms with Crippen molar-refractivity contribution in [3.05, 3.63) is 106 Å². The Bertz CT molecular complexity index is 1620. The number of anilines is 1. The van der Waals surface area contributed by atoms with Gasteiger partial charge < -0.3 is 9.47 Å². The van der Waals surface area contributed by atoms with E-state index >= 15 is 0 Å². The molecule has 7 nitrogen and oxygen atoms in total. The lowest BCUT2D eigenvalue weighted by Gasteiger charge is -2.26. The molecule has 1 aliphatic heterocycles.